The zero-order valence-corrected chi connectivity index (χ0v) is 22.6. The Kier molecular flexibility index (Phi) is 8.49. The maximum Gasteiger partial charge on any atom is 0.354 e. The summed E-state index contributed by atoms with van der Waals surface area (Å²) in [4.78, 5) is 47.5. The summed E-state index contributed by atoms with van der Waals surface area (Å²) < 4.78 is 1.45. The average molecular weight is 525 g/mol. The van der Waals surface area contributed by atoms with E-state index in [-0.39, 0.29) is 23.8 Å². The molecule has 0 bridgehead atoms. The zero-order chi connectivity index (χ0) is 27.4. The lowest BCUT2D eigenvalue weighted by molar-refractivity contribution is -0.137. The minimum atomic E-state index is -0.945. The van der Waals surface area contributed by atoms with Crippen molar-refractivity contribution in [3.63, 3.8) is 0 Å². The van der Waals surface area contributed by atoms with Crippen LogP contribution in [0.1, 0.15) is 32.8 Å². The van der Waals surface area contributed by atoms with E-state index in [4.69, 9.17) is 11.5 Å². The predicted octanol–water partition coefficient (Wildman–Crippen LogP) is 0.858. The van der Waals surface area contributed by atoms with E-state index >= 15 is 0 Å². The average Bonchev–Trinajstić information content (AvgIpc) is 3.37. The quantitative estimate of drug-likeness (QED) is 0.487. The lowest BCUT2D eigenvalue weighted by atomic mass is 10.0. The first-order valence-electron chi connectivity index (χ1n) is 13.3. The predicted molar refractivity (Wildman–Crippen MR) is 147 cm³/mol. The third-order valence-electron chi connectivity index (χ3n) is 7.43. The number of hydrogen-bond acceptors (Lipinski definition) is 7. The third kappa shape index (κ3) is 6.77. The molecule has 5 N–H and O–H groups in total. The van der Waals surface area contributed by atoms with Gasteiger partial charge in [-0.2, -0.15) is 4.98 Å². The van der Waals surface area contributed by atoms with Gasteiger partial charge in [0.25, 0.3) is 0 Å². The van der Waals surface area contributed by atoms with E-state index < -0.39 is 11.2 Å². The lowest BCUT2D eigenvalue weighted by Gasteiger charge is -2.37. The van der Waals surface area contributed by atoms with Gasteiger partial charge in [-0.05, 0) is 69.8 Å². The molecule has 11 heteroatoms. The molecule has 1 aromatic carbocycles. The molecule has 2 saturated heterocycles. The molecule has 2 aromatic rings. The first kappa shape index (κ1) is 27.7. The van der Waals surface area contributed by atoms with E-state index in [0.29, 0.717) is 37.8 Å². The molecule has 0 saturated carbocycles. The van der Waals surface area contributed by atoms with Crippen LogP contribution in [0.3, 0.4) is 0 Å². The van der Waals surface area contributed by atoms with Crippen LogP contribution in [0, 0.1) is 5.92 Å². The van der Waals surface area contributed by atoms with E-state index in [2.05, 4.69) is 22.1 Å². The molecular weight excluding hydrogens is 484 g/mol. The Labute approximate surface area is 223 Å². The van der Waals surface area contributed by atoms with Crippen LogP contribution in [-0.2, 0) is 11.2 Å². The number of rotatable bonds is 7. The normalized spacial score (nSPS) is 19.4. The standard InChI is InChI=1S/C27H40N8O3/c1-19(28)21-9-12-32(18-21)11-8-20-4-6-22(7-5-20)35-13-10-23(31-26(35)38)30-25(37)34-16-14-33(15-17-34)24(36)27(2,3)29/h4-7,10,13,19,21H,8-9,11-12,14-18,28-29H2,1-3H3,(H,30,31,37,38)/t19?,21-/m0/s1. The van der Waals surface area contributed by atoms with Crippen LogP contribution in [0.2, 0.25) is 0 Å². The molecule has 2 aliphatic heterocycles. The second-order valence-electron chi connectivity index (χ2n) is 11.0. The van der Waals surface area contributed by atoms with Crippen LogP contribution in [0.4, 0.5) is 10.6 Å². The van der Waals surface area contributed by atoms with E-state index in [9.17, 15) is 14.4 Å². The van der Waals surface area contributed by atoms with Crippen LogP contribution >= 0.6 is 0 Å². The number of nitrogens with one attached hydrogen (secondary N) is 1. The third-order valence-corrected chi connectivity index (χ3v) is 7.43. The molecule has 1 aromatic heterocycles. The zero-order valence-electron chi connectivity index (χ0n) is 22.6. The molecule has 2 atom stereocenters. The highest BCUT2D eigenvalue weighted by atomic mass is 16.2. The van der Waals surface area contributed by atoms with Crippen LogP contribution < -0.4 is 22.5 Å². The van der Waals surface area contributed by atoms with Crippen molar-refractivity contribution in [2.24, 2.45) is 17.4 Å². The summed E-state index contributed by atoms with van der Waals surface area (Å²) >= 11 is 0. The number of nitrogens with two attached hydrogens (primary N) is 2. The number of anilines is 1. The Hall–Kier alpha value is -3.28. The molecule has 4 rings (SSSR count). The molecule has 3 heterocycles. The van der Waals surface area contributed by atoms with Crippen LogP contribution in [0.25, 0.3) is 5.69 Å². The van der Waals surface area contributed by atoms with Crippen molar-refractivity contribution in [1.82, 2.24) is 24.3 Å². The maximum atomic E-state index is 12.7. The Balaban J connectivity index is 1.29. The van der Waals surface area contributed by atoms with Crippen molar-refractivity contribution >= 4 is 17.8 Å². The number of nitrogens with zero attached hydrogens (tertiary/aromatic N) is 5. The lowest BCUT2D eigenvalue weighted by Crippen LogP contribution is -2.58. The largest absolute Gasteiger partial charge is 0.354 e. The van der Waals surface area contributed by atoms with E-state index in [0.717, 1.165) is 32.5 Å². The molecule has 2 aliphatic rings. The van der Waals surface area contributed by atoms with Crippen molar-refractivity contribution in [3.05, 3.63) is 52.6 Å². The summed E-state index contributed by atoms with van der Waals surface area (Å²) in [6.07, 6.45) is 3.71. The monoisotopic (exact) mass is 524 g/mol. The van der Waals surface area contributed by atoms with Gasteiger partial charge in [0.1, 0.15) is 5.82 Å². The molecule has 0 aliphatic carbocycles. The molecular formula is C27H40N8O3. The number of benzene rings is 1. The molecule has 0 radical (unpaired) electrons. The van der Waals surface area contributed by atoms with Crippen molar-refractivity contribution in [1.29, 1.82) is 0 Å². The van der Waals surface area contributed by atoms with Crippen LogP contribution in [0.5, 0.6) is 0 Å². The molecule has 3 amide bonds. The molecule has 2 fully saturated rings. The van der Waals surface area contributed by atoms with Gasteiger partial charge in [-0.25, -0.2) is 9.59 Å². The molecule has 38 heavy (non-hydrogen) atoms. The minimum Gasteiger partial charge on any atom is -0.338 e. The smallest absolute Gasteiger partial charge is 0.338 e. The number of aromatic nitrogens is 2. The summed E-state index contributed by atoms with van der Waals surface area (Å²) in [5.41, 5.74) is 12.4. The Morgan fingerprint density at radius 1 is 1.08 bits per heavy atom. The molecule has 1 unspecified atom stereocenters. The van der Waals surface area contributed by atoms with E-state index in [1.54, 1.807) is 35.9 Å². The summed E-state index contributed by atoms with van der Waals surface area (Å²) in [6.45, 7) is 10.1. The first-order chi connectivity index (χ1) is 18.0. The van der Waals surface area contributed by atoms with Crippen LogP contribution in [0.15, 0.2) is 41.3 Å². The van der Waals surface area contributed by atoms with Gasteiger partial charge in [0, 0.05) is 51.5 Å². The van der Waals surface area contributed by atoms with E-state index in [1.807, 2.05) is 24.3 Å². The summed E-state index contributed by atoms with van der Waals surface area (Å²) in [7, 11) is 0. The number of carbonyl (C=O) groups is 2. The van der Waals surface area contributed by atoms with Gasteiger partial charge in [0.15, 0.2) is 0 Å². The van der Waals surface area contributed by atoms with Crippen molar-refractivity contribution < 1.29 is 9.59 Å². The van der Waals surface area contributed by atoms with Crippen molar-refractivity contribution in [2.75, 3.05) is 51.1 Å². The van der Waals surface area contributed by atoms with Gasteiger partial charge in [0.2, 0.25) is 5.91 Å². The fraction of sp³-hybridized carbons (Fsp3) is 0.556. The van der Waals surface area contributed by atoms with Gasteiger partial charge >= 0.3 is 11.7 Å². The highest BCUT2D eigenvalue weighted by molar-refractivity contribution is 5.89. The molecule has 206 valence electrons. The van der Waals surface area contributed by atoms with E-state index in [1.165, 1.54) is 10.1 Å². The minimum absolute atomic E-state index is 0.141. The topological polar surface area (TPSA) is 143 Å². The van der Waals surface area contributed by atoms with Gasteiger partial charge in [-0.15, -0.1) is 0 Å². The number of amides is 3. The maximum absolute atomic E-state index is 12.7. The summed E-state index contributed by atoms with van der Waals surface area (Å²) in [5, 5.41) is 2.69. The fourth-order valence-electron chi connectivity index (χ4n) is 4.98. The highest BCUT2D eigenvalue weighted by Gasteiger charge is 2.31. The van der Waals surface area contributed by atoms with Gasteiger partial charge < -0.3 is 26.2 Å². The van der Waals surface area contributed by atoms with Crippen molar-refractivity contribution in [3.8, 4) is 5.69 Å². The molecule has 11 nitrogen and oxygen atoms in total. The van der Waals surface area contributed by atoms with Gasteiger partial charge in [-0.1, -0.05) is 12.1 Å². The number of piperazine rings is 1. The molecule has 0 spiro atoms. The van der Waals surface area contributed by atoms with Crippen molar-refractivity contribution in [2.45, 2.75) is 45.2 Å². The second-order valence-corrected chi connectivity index (χ2v) is 11.0. The Morgan fingerprint density at radius 3 is 2.32 bits per heavy atom. The van der Waals surface area contributed by atoms with Crippen LogP contribution in [-0.4, -0.2) is 93.6 Å². The number of carbonyl (C=O) groups excluding carboxylic acids is 2. The fourth-order valence-corrected chi connectivity index (χ4v) is 4.98. The highest BCUT2D eigenvalue weighted by Crippen LogP contribution is 2.19. The first-order valence-corrected chi connectivity index (χ1v) is 13.3. The van der Waals surface area contributed by atoms with Gasteiger partial charge in [0.05, 0.1) is 11.2 Å². The SMILES string of the molecule is CC(N)[C@H]1CCN(CCc2ccc(-n3ccc(NC(=O)N4CCN(C(=O)C(C)(C)N)CC4)nc3=O)cc2)C1. The Bertz CT molecular complexity index is 1180. The summed E-state index contributed by atoms with van der Waals surface area (Å²) in [5.74, 6) is 0.623. The second kappa shape index (κ2) is 11.6. The number of hydrogen-bond donors (Lipinski definition) is 3. The summed E-state index contributed by atoms with van der Waals surface area (Å²) in [6, 6.07) is 9.38. The number of likely N-dealkylation sites (tertiary alicyclic amines) is 1. The van der Waals surface area contributed by atoms with Gasteiger partial charge in [-0.3, -0.25) is 14.7 Å². The number of urea groups is 1. The Morgan fingerprint density at radius 2 is 1.74 bits per heavy atom.